The molecule has 2 heterocycles. The van der Waals surface area contributed by atoms with Gasteiger partial charge in [0.25, 0.3) is 5.69 Å². The van der Waals surface area contributed by atoms with Gasteiger partial charge in [0.1, 0.15) is 12.5 Å². The van der Waals surface area contributed by atoms with Gasteiger partial charge in [0.15, 0.2) is 17.3 Å². The lowest BCUT2D eigenvalue weighted by atomic mass is 9.69. The molecule has 1 N–H and O–H groups in total. The van der Waals surface area contributed by atoms with E-state index in [0.29, 0.717) is 23.6 Å². The fourth-order valence-electron chi connectivity index (χ4n) is 5.01. The second-order valence-corrected chi connectivity index (χ2v) is 10.3. The Labute approximate surface area is 217 Å². The first kappa shape index (κ1) is 26.5. The number of nitrogens with zero attached hydrogens (tertiary/aromatic N) is 1. The van der Waals surface area contributed by atoms with E-state index in [1.165, 1.54) is 19.2 Å². The van der Waals surface area contributed by atoms with Gasteiger partial charge >= 0.3 is 11.9 Å². The van der Waals surface area contributed by atoms with Crippen LogP contribution in [0.5, 0.6) is 11.5 Å². The van der Waals surface area contributed by atoms with E-state index >= 15 is 0 Å². The lowest BCUT2D eigenvalue weighted by Gasteiger charge is -2.38. The third-order valence-corrected chi connectivity index (χ3v) is 7.52. The van der Waals surface area contributed by atoms with Crippen LogP contribution >= 0.6 is 11.8 Å². The predicted molar refractivity (Wildman–Crippen MR) is 133 cm³/mol. The van der Waals surface area contributed by atoms with Gasteiger partial charge in [-0.2, -0.15) is 11.8 Å². The number of thioether (sulfide) groups is 1. The molecule has 0 radical (unpaired) electrons. The number of esters is 2. The van der Waals surface area contributed by atoms with Crippen molar-refractivity contribution >= 4 is 35.2 Å². The van der Waals surface area contributed by atoms with Gasteiger partial charge in [0.2, 0.25) is 6.79 Å². The predicted octanol–water partition coefficient (Wildman–Crippen LogP) is 3.23. The summed E-state index contributed by atoms with van der Waals surface area (Å²) < 4.78 is 21.2. The second kappa shape index (κ2) is 10.8. The number of allylic oxidation sites excluding steroid dienone is 3. The van der Waals surface area contributed by atoms with Crippen LogP contribution < -0.4 is 14.8 Å². The Morgan fingerprint density at radius 2 is 1.97 bits per heavy atom. The number of nitrogens with one attached hydrogen (secondary N) is 1. The standard InChI is InChI=1S/C25H28N2O9S/c1-5-37-7-6-34-25(30)20-13(3)26-15-8-12(2)19(24(29)33-4)23(28)22(15)21(20)14-9-17-18(36-11-35-17)10-16(14)27(31)32/h9-10,12,19,21,26H,5-8,11H2,1-4H3/t12-,19+,21-/m0/s1. The first-order chi connectivity index (χ1) is 17.7. The highest BCUT2D eigenvalue weighted by Crippen LogP contribution is 2.50. The molecule has 3 aliphatic rings. The molecule has 1 aromatic carbocycles. The maximum atomic E-state index is 13.8. The summed E-state index contributed by atoms with van der Waals surface area (Å²) in [4.78, 5) is 51.4. The fraction of sp³-hybridized carbons (Fsp3) is 0.480. The lowest BCUT2D eigenvalue weighted by Crippen LogP contribution is -2.43. The molecule has 198 valence electrons. The topological polar surface area (TPSA) is 143 Å². The van der Waals surface area contributed by atoms with Crippen molar-refractivity contribution in [1.29, 1.82) is 0 Å². The summed E-state index contributed by atoms with van der Waals surface area (Å²) in [5.74, 6) is -2.74. The minimum atomic E-state index is -1.16. The Morgan fingerprint density at radius 1 is 1.27 bits per heavy atom. The summed E-state index contributed by atoms with van der Waals surface area (Å²) in [6.45, 7) is 5.42. The molecule has 0 aromatic heterocycles. The molecule has 3 atom stereocenters. The number of benzene rings is 1. The third kappa shape index (κ3) is 4.89. The van der Waals surface area contributed by atoms with Crippen LogP contribution in [-0.2, 0) is 23.9 Å². The van der Waals surface area contributed by atoms with E-state index in [1.807, 2.05) is 6.92 Å². The lowest BCUT2D eigenvalue weighted by molar-refractivity contribution is -0.385. The highest BCUT2D eigenvalue weighted by molar-refractivity contribution is 7.99. The molecule has 12 heteroatoms. The normalized spacial score (nSPS) is 22.4. The first-order valence-electron chi connectivity index (χ1n) is 11.8. The van der Waals surface area contributed by atoms with Crippen molar-refractivity contribution in [2.24, 2.45) is 11.8 Å². The summed E-state index contributed by atoms with van der Waals surface area (Å²) in [5.41, 5.74) is 0.822. The molecule has 0 unspecified atom stereocenters. The highest BCUT2D eigenvalue weighted by atomic mass is 32.2. The molecule has 0 saturated carbocycles. The van der Waals surface area contributed by atoms with E-state index in [2.05, 4.69) is 5.32 Å². The Morgan fingerprint density at radius 3 is 2.62 bits per heavy atom. The van der Waals surface area contributed by atoms with Crippen LogP contribution in [0.3, 0.4) is 0 Å². The van der Waals surface area contributed by atoms with Crippen LogP contribution in [0.4, 0.5) is 5.69 Å². The van der Waals surface area contributed by atoms with Crippen molar-refractivity contribution in [3.63, 3.8) is 0 Å². The molecule has 1 aliphatic carbocycles. The monoisotopic (exact) mass is 532 g/mol. The van der Waals surface area contributed by atoms with Gasteiger partial charge in [-0.1, -0.05) is 13.8 Å². The van der Waals surface area contributed by atoms with Crippen molar-refractivity contribution in [1.82, 2.24) is 5.32 Å². The SMILES string of the molecule is CCSCCOC(=O)C1=C(C)NC2=C(C(=O)[C@H](C(=O)OC)[C@@H](C)C2)[C@H]1c1cc2c(cc1[N+](=O)[O-])OCO2. The number of rotatable bonds is 8. The number of carbonyl (C=O) groups excluding carboxylic acids is 3. The zero-order valence-electron chi connectivity index (χ0n) is 21.0. The number of methoxy groups -OCH3 is 1. The van der Waals surface area contributed by atoms with Gasteiger partial charge in [-0.15, -0.1) is 0 Å². The molecule has 1 aromatic rings. The minimum absolute atomic E-state index is 0.0636. The molecule has 37 heavy (non-hydrogen) atoms. The first-order valence-corrected chi connectivity index (χ1v) is 13.0. The Hall–Kier alpha value is -3.54. The van der Waals surface area contributed by atoms with Gasteiger partial charge in [-0.25, -0.2) is 4.79 Å². The summed E-state index contributed by atoms with van der Waals surface area (Å²) in [6, 6.07) is 2.65. The number of dihydropyridines is 1. The summed E-state index contributed by atoms with van der Waals surface area (Å²) in [5, 5.41) is 15.3. The molecule has 0 bridgehead atoms. The van der Waals surface area contributed by atoms with Crippen LogP contribution in [0.1, 0.15) is 38.7 Å². The number of ketones is 1. The Bertz CT molecular complexity index is 1220. The fourth-order valence-corrected chi connectivity index (χ4v) is 5.50. The molecule has 4 rings (SSSR count). The van der Waals surface area contributed by atoms with Crippen molar-refractivity contribution in [2.45, 2.75) is 33.1 Å². The Balaban J connectivity index is 1.89. The number of Topliss-reactive ketones (excluding diaryl/α,β-unsaturated/α-hetero) is 1. The van der Waals surface area contributed by atoms with Crippen molar-refractivity contribution in [3.05, 3.63) is 50.4 Å². The van der Waals surface area contributed by atoms with Crippen LogP contribution in [0.25, 0.3) is 0 Å². The van der Waals surface area contributed by atoms with Gasteiger partial charge in [0, 0.05) is 28.3 Å². The Kier molecular flexibility index (Phi) is 7.76. The van der Waals surface area contributed by atoms with Crippen LogP contribution in [0.2, 0.25) is 0 Å². The number of carbonyl (C=O) groups is 3. The number of nitro benzene ring substituents is 1. The van der Waals surface area contributed by atoms with Crippen molar-refractivity contribution < 1.29 is 38.3 Å². The average Bonchev–Trinajstić information content (AvgIpc) is 3.32. The quantitative estimate of drug-likeness (QED) is 0.173. The van der Waals surface area contributed by atoms with Crippen LogP contribution in [-0.4, -0.2) is 54.7 Å². The molecule has 0 spiro atoms. The molecule has 0 amide bonds. The van der Waals surface area contributed by atoms with Gasteiger partial charge in [0.05, 0.1) is 29.6 Å². The second-order valence-electron chi connectivity index (χ2n) is 8.89. The maximum absolute atomic E-state index is 13.8. The molecular weight excluding hydrogens is 504 g/mol. The maximum Gasteiger partial charge on any atom is 0.336 e. The molecule has 11 nitrogen and oxygen atoms in total. The van der Waals surface area contributed by atoms with Gasteiger partial charge < -0.3 is 24.3 Å². The molecule has 0 saturated heterocycles. The van der Waals surface area contributed by atoms with E-state index in [0.717, 1.165) is 5.75 Å². The van der Waals surface area contributed by atoms with E-state index in [4.69, 9.17) is 18.9 Å². The average molecular weight is 533 g/mol. The van der Waals surface area contributed by atoms with Crippen LogP contribution in [0.15, 0.2) is 34.7 Å². The van der Waals surface area contributed by atoms with Gasteiger partial charge in [-0.3, -0.25) is 19.7 Å². The van der Waals surface area contributed by atoms with E-state index < -0.39 is 34.5 Å². The molecule has 0 fully saturated rings. The number of hydrogen-bond acceptors (Lipinski definition) is 11. The number of ether oxygens (including phenoxy) is 4. The zero-order chi connectivity index (χ0) is 26.9. The smallest absolute Gasteiger partial charge is 0.336 e. The van der Waals surface area contributed by atoms with Crippen LogP contribution in [0, 0.1) is 22.0 Å². The number of fused-ring (bicyclic) bond motifs is 1. The molecule has 2 aliphatic heterocycles. The third-order valence-electron chi connectivity index (χ3n) is 6.66. The number of hydrogen-bond donors (Lipinski definition) is 1. The van der Waals surface area contributed by atoms with E-state index in [1.54, 1.807) is 25.6 Å². The highest BCUT2D eigenvalue weighted by Gasteiger charge is 2.49. The molecular formula is C25H28N2O9S. The minimum Gasteiger partial charge on any atom is -0.468 e. The van der Waals surface area contributed by atoms with Crippen molar-refractivity contribution in [2.75, 3.05) is 32.0 Å². The zero-order valence-corrected chi connectivity index (χ0v) is 21.8. The van der Waals surface area contributed by atoms with Gasteiger partial charge in [-0.05, 0) is 31.1 Å². The van der Waals surface area contributed by atoms with E-state index in [9.17, 15) is 24.5 Å². The summed E-state index contributed by atoms with van der Waals surface area (Å²) >= 11 is 1.60. The summed E-state index contributed by atoms with van der Waals surface area (Å²) in [6.07, 6.45) is 0.308. The largest absolute Gasteiger partial charge is 0.468 e. The van der Waals surface area contributed by atoms with Crippen molar-refractivity contribution in [3.8, 4) is 11.5 Å². The number of nitro groups is 1. The van der Waals surface area contributed by atoms with E-state index in [-0.39, 0.29) is 53.2 Å². The summed E-state index contributed by atoms with van der Waals surface area (Å²) in [7, 11) is 1.20.